The van der Waals surface area contributed by atoms with Crippen LogP contribution in [0.5, 0.6) is 5.75 Å². The normalized spacial score (nSPS) is 15.9. The molecule has 0 saturated carbocycles. The Balaban J connectivity index is 1.39. The summed E-state index contributed by atoms with van der Waals surface area (Å²) in [5, 5.41) is 12.8. The first-order chi connectivity index (χ1) is 13.5. The molecule has 28 heavy (non-hydrogen) atoms. The van der Waals surface area contributed by atoms with Crippen LogP contribution in [0.4, 0.5) is 16.2 Å². The number of rotatable bonds is 7. The van der Waals surface area contributed by atoms with Crippen LogP contribution in [0.3, 0.4) is 0 Å². The van der Waals surface area contributed by atoms with Crippen molar-refractivity contribution < 1.29 is 14.6 Å². The number of hydrogen-bond donors (Lipinski definition) is 3. The molecule has 1 aliphatic rings. The van der Waals surface area contributed by atoms with Crippen LogP contribution in [0.2, 0.25) is 0 Å². The monoisotopic (exact) mass is 448 g/mol. The van der Waals surface area contributed by atoms with Crippen LogP contribution in [0.15, 0.2) is 53.0 Å². The van der Waals surface area contributed by atoms with E-state index in [9.17, 15) is 9.90 Å². The molecule has 8 heteroatoms. The van der Waals surface area contributed by atoms with E-state index >= 15 is 0 Å². The molecule has 150 valence electrons. The Morgan fingerprint density at radius 1 is 1.11 bits per heavy atom. The van der Waals surface area contributed by atoms with E-state index < -0.39 is 12.1 Å². The fourth-order valence-corrected chi connectivity index (χ4v) is 3.42. The number of piperazine rings is 1. The Hall–Kier alpha value is -2.29. The zero-order valence-electron chi connectivity index (χ0n) is 15.6. The van der Waals surface area contributed by atoms with Crippen molar-refractivity contribution in [1.29, 1.82) is 0 Å². The van der Waals surface area contributed by atoms with Crippen molar-refractivity contribution in [3.63, 3.8) is 0 Å². The van der Waals surface area contributed by atoms with E-state index in [-0.39, 0.29) is 6.61 Å². The van der Waals surface area contributed by atoms with Crippen molar-refractivity contribution in [1.82, 2.24) is 4.90 Å². The van der Waals surface area contributed by atoms with Crippen molar-refractivity contribution in [2.75, 3.05) is 49.5 Å². The van der Waals surface area contributed by atoms with Crippen LogP contribution in [-0.4, -0.2) is 61.5 Å². The summed E-state index contributed by atoms with van der Waals surface area (Å²) in [5.41, 5.74) is 6.90. The minimum Gasteiger partial charge on any atom is -0.491 e. The first-order valence-corrected chi connectivity index (χ1v) is 9.99. The highest BCUT2D eigenvalue weighted by molar-refractivity contribution is 9.10. The van der Waals surface area contributed by atoms with Gasteiger partial charge >= 0.3 is 6.03 Å². The second-order valence-electron chi connectivity index (χ2n) is 6.74. The summed E-state index contributed by atoms with van der Waals surface area (Å²) >= 11 is 3.46. The fraction of sp³-hybridized carbons (Fsp3) is 0.350. The maximum absolute atomic E-state index is 10.8. The van der Waals surface area contributed by atoms with Crippen molar-refractivity contribution in [3.8, 4) is 5.75 Å². The van der Waals surface area contributed by atoms with Gasteiger partial charge in [-0.25, -0.2) is 4.79 Å². The molecule has 3 rings (SSSR count). The van der Waals surface area contributed by atoms with Crippen molar-refractivity contribution >= 4 is 33.3 Å². The Morgan fingerprint density at radius 2 is 1.75 bits per heavy atom. The lowest BCUT2D eigenvalue weighted by Gasteiger charge is -2.36. The van der Waals surface area contributed by atoms with Crippen LogP contribution in [0.1, 0.15) is 0 Å². The third-order valence-corrected chi connectivity index (χ3v) is 5.13. The summed E-state index contributed by atoms with van der Waals surface area (Å²) in [5.74, 6) is 0.633. The van der Waals surface area contributed by atoms with Crippen LogP contribution in [0, 0.1) is 0 Å². The molecule has 0 unspecified atom stereocenters. The number of hydrogen-bond acceptors (Lipinski definition) is 5. The molecule has 2 aromatic carbocycles. The number of ether oxygens (including phenoxy) is 1. The molecule has 1 atom stereocenters. The van der Waals surface area contributed by atoms with E-state index in [0.717, 1.165) is 30.7 Å². The van der Waals surface area contributed by atoms with Crippen LogP contribution >= 0.6 is 15.9 Å². The fourth-order valence-electron chi connectivity index (χ4n) is 3.16. The summed E-state index contributed by atoms with van der Waals surface area (Å²) in [7, 11) is 0. The van der Waals surface area contributed by atoms with Gasteiger partial charge in [-0.1, -0.05) is 15.9 Å². The van der Waals surface area contributed by atoms with Crippen molar-refractivity contribution in [2.24, 2.45) is 5.73 Å². The smallest absolute Gasteiger partial charge is 0.316 e. The molecule has 0 aromatic heterocycles. The predicted molar refractivity (Wildman–Crippen MR) is 114 cm³/mol. The topological polar surface area (TPSA) is 91.1 Å². The quantitative estimate of drug-likeness (QED) is 0.605. The third kappa shape index (κ3) is 6.12. The summed E-state index contributed by atoms with van der Waals surface area (Å²) in [6, 6.07) is 14.6. The number of halogens is 1. The predicted octanol–water partition coefficient (Wildman–Crippen LogP) is 2.50. The van der Waals surface area contributed by atoms with Crippen LogP contribution in [-0.2, 0) is 0 Å². The average molecular weight is 449 g/mol. The molecule has 2 amide bonds. The molecule has 1 aliphatic heterocycles. The highest BCUT2D eigenvalue weighted by Crippen LogP contribution is 2.20. The number of urea groups is 1. The molecule has 0 bridgehead atoms. The number of amides is 2. The molecule has 1 heterocycles. The van der Waals surface area contributed by atoms with Gasteiger partial charge in [-0.3, -0.25) is 4.90 Å². The standard InChI is InChI=1S/C20H25BrN4O3/c21-15-1-5-17(6-2-15)25-11-9-24(10-12-25)13-18(26)14-28-19-7-3-16(4-8-19)23-20(22)27/h1-8,18,26H,9-14H2,(H3,22,23,27)/t18-/m1/s1. The third-order valence-electron chi connectivity index (χ3n) is 4.60. The molecular weight excluding hydrogens is 424 g/mol. The van der Waals surface area contributed by atoms with Gasteiger partial charge in [0, 0.05) is 48.6 Å². The lowest BCUT2D eigenvalue weighted by Crippen LogP contribution is -2.49. The number of nitrogens with zero attached hydrogens (tertiary/aromatic N) is 2. The SMILES string of the molecule is NC(=O)Nc1ccc(OC[C@H](O)CN2CCN(c3ccc(Br)cc3)CC2)cc1. The molecule has 1 fully saturated rings. The maximum Gasteiger partial charge on any atom is 0.316 e. The van der Waals surface area contributed by atoms with E-state index in [4.69, 9.17) is 10.5 Å². The first-order valence-electron chi connectivity index (χ1n) is 9.20. The largest absolute Gasteiger partial charge is 0.491 e. The van der Waals surface area contributed by atoms with Gasteiger partial charge in [0.2, 0.25) is 0 Å². The van der Waals surface area contributed by atoms with E-state index in [1.54, 1.807) is 24.3 Å². The molecule has 7 nitrogen and oxygen atoms in total. The summed E-state index contributed by atoms with van der Waals surface area (Å²) < 4.78 is 6.72. The molecule has 0 radical (unpaired) electrons. The molecular formula is C20H25BrN4O3. The zero-order valence-corrected chi connectivity index (χ0v) is 17.1. The zero-order chi connectivity index (χ0) is 19.9. The number of aliphatic hydroxyl groups is 1. The number of carbonyl (C=O) groups excluding carboxylic acids is 1. The molecule has 1 saturated heterocycles. The van der Waals surface area contributed by atoms with Gasteiger partial charge in [0.15, 0.2) is 0 Å². The highest BCUT2D eigenvalue weighted by Gasteiger charge is 2.19. The van der Waals surface area contributed by atoms with Gasteiger partial charge in [-0.2, -0.15) is 0 Å². The second-order valence-corrected chi connectivity index (χ2v) is 7.66. The van der Waals surface area contributed by atoms with E-state index in [1.165, 1.54) is 5.69 Å². The van der Waals surface area contributed by atoms with Gasteiger partial charge in [0.05, 0.1) is 0 Å². The van der Waals surface area contributed by atoms with Gasteiger partial charge in [-0.05, 0) is 48.5 Å². The van der Waals surface area contributed by atoms with Gasteiger partial charge in [-0.15, -0.1) is 0 Å². The summed E-state index contributed by atoms with van der Waals surface area (Å²) in [6.45, 7) is 4.47. The van der Waals surface area contributed by atoms with Crippen molar-refractivity contribution in [2.45, 2.75) is 6.10 Å². The Morgan fingerprint density at radius 3 is 2.36 bits per heavy atom. The lowest BCUT2D eigenvalue weighted by molar-refractivity contribution is 0.0663. The number of aliphatic hydroxyl groups excluding tert-OH is 1. The number of benzene rings is 2. The van der Waals surface area contributed by atoms with E-state index in [0.29, 0.717) is 18.0 Å². The minimum atomic E-state index is -0.607. The maximum atomic E-state index is 10.8. The summed E-state index contributed by atoms with van der Waals surface area (Å²) in [4.78, 5) is 15.4. The molecule has 0 spiro atoms. The van der Waals surface area contributed by atoms with Crippen molar-refractivity contribution in [3.05, 3.63) is 53.0 Å². The Labute approximate surface area is 173 Å². The number of anilines is 2. The van der Waals surface area contributed by atoms with E-state index in [1.807, 2.05) is 0 Å². The number of nitrogens with one attached hydrogen (secondary N) is 1. The first kappa shape index (κ1) is 20.4. The average Bonchev–Trinajstić information content (AvgIpc) is 2.68. The Kier molecular flexibility index (Phi) is 7.13. The second kappa shape index (κ2) is 9.77. The van der Waals surface area contributed by atoms with Gasteiger partial charge in [0.1, 0.15) is 18.5 Å². The lowest BCUT2D eigenvalue weighted by atomic mass is 10.2. The van der Waals surface area contributed by atoms with E-state index in [2.05, 4.69) is 55.3 Å². The molecule has 0 aliphatic carbocycles. The van der Waals surface area contributed by atoms with Crippen LogP contribution in [0.25, 0.3) is 0 Å². The number of carbonyl (C=O) groups is 1. The number of nitrogens with two attached hydrogens (primary N) is 1. The number of primary amides is 1. The van der Waals surface area contributed by atoms with Gasteiger partial charge < -0.3 is 25.8 Å². The number of β-amino-alcohol motifs (C(OH)–C–C–N with tert-alkyl or cyclic N) is 1. The molecule has 2 aromatic rings. The summed E-state index contributed by atoms with van der Waals surface area (Å²) in [6.07, 6.45) is -0.567. The minimum absolute atomic E-state index is 0.218. The van der Waals surface area contributed by atoms with Crippen LogP contribution < -0.4 is 20.7 Å². The highest BCUT2D eigenvalue weighted by atomic mass is 79.9. The van der Waals surface area contributed by atoms with Gasteiger partial charge in [0.25, 0.3) is 0 Å². The Bertz CT molecular complexity index is 762. The molecule has 4 N–H and O–H groups in total.